The highest BCUT2D eigenvalue weighted by molar-refractivity contribution is 6.51. The third-order valence-electron chi connectivity index (χ3n) is 5.07. The average Bonchev–Trinajstić information content (AvgIpc) is 3.07. The van der Waals surface area contributed by atoms with Gasteiger partial charge < -0.3 is 9.84 Å². The molecule has 0 radical (unpaired) electrons. The van der Waals surface area contributed by atoms with Crippen molar-refractivity contribution in [3.63, 3.8) is 0 Å². The number of aromatic nitrogens is 1. The van der Waals surface area contributed by atoms with Crippen LogP contribution in [-0.4, -0.2) is 28.4 Å². The Hall–Kier alpha value is -4.07. The number of hydrogen-bond acceptors (Lipinski definition) is 5. The smallest absolute Gasteiger partial charge is 0.300 e. The summed E-state index contributed by atoms with van der Waals surface area (Å²) >= 11 is 0. The van der Waals surface area contributed by atoms with Gasteiger partial charge in [-0.05, 0) is 48.9 Å². The predicted octanol–water partition coefficient (Wildman–Crippen LogP) is 4.38. The highest BCUT2D eigenvalue weighted by atomic mass is 19.2. The average molecular weight is 436 g/mol. The normalized spacial score (nSPS) is 17.6. The summed E-state index contributed by atoms with van der Waals surface area (Å²) in [7, 11) is 0. The third-order valence-corrected chi connectivity index (χ3v) is 5.07. The maximum absolute atomic E-state index is 13.9. The number of ketones is 1. The van der Waals surface area contributed by atoms with Gasteiger partial charge in [-0.15, -0.1) is 0 Å². The summed E-state index contributed by atoms with van der Waals surface area (Å²) < 4.78 is 32.9. The van der Waals surface area contributed by atoms with Crippen molar-refractivity contribution in [3.05, 3.63) is 95.3 Å². The molecule has 1 N–H and O–H groups in total. The van der Waals surface area contributed by atoms with Gasteiger partial charge in [0.1, 0.15) is 11.5 Å². The number of halogens is 2. The lowest BCUT2D eigenvalue weighted by Gasteiger charge is -2.25. The minimum absolute atomic E-state index is 0.0186. The molecule has 6 nitrogen and oxygen atoms in total. The molecule has 1 saturated heterocycles. The van der Waals surface area contributed by atoms with Crippen molar-refractivity contribution in [2.24, 2.45) is 0 Å². The fraction of sp³-hybridized carbons (Fsp3) is 0.125. The van der Waals surface area contributed by atoms with Gasteiger partial charge in [0.2, 0.25) is 0 Å². The highest BCUT2D eigenvalue weighted by Gasteiger charge is 2.47. The number of rotatable bonds is 5. The monoisotopic (exact) mass is 436 g/mol. The summed E-state index contributed by atoms with van der Waals surface area (Å²) in [6, 6.07) is 11.5. The van der Waals surface area contributed by atoms with Gasteiger partial charge in [0.05, 0.1) is 18.2 Å². The van der Waals surface area contributed by atoms with Crippen LogP contribution in [-0.2, 0) is 9.59 Å². The Morgan fingerprint density at radius 2 is 1.81 bits per heavy atom. The van der Waals surface area contributed by atoms with E-state index in [4.69, 9.17) is 4.74 Å². The van der Waals surface area contributed by atoms with E-state index in [1.807, 2.05) is 6.92 Å². The Balaban J connectivity index is 1.92. The van der Waals surface area contributed by atoms with Crippen LogP contribution in [0.4, 0.5) is 14.5 Å². The van der Waals surface area contributed by atoms with Crippen LogP contribution < -0.4 is 9.64 Å². The molecule has 0 saturated carbocycles. The minimum atomic E-state index is -1.16. The number of nitrogens with zero attached hydrogens (tertiary/aromatic N) is 2. The Morgan fingerprint density at radius 3 is 2.50 bits per heavy atom. The Kier molecular flexibility index (Phi) is 5.68. The molecule has 32 heavy (non-hydrogen) atoms. The van der Waals surface area contributed by atoms with Crippen LogP contribution in [0.25, 0.3) is 5.76 Å². The van der Waals surface area contributed by atoms with Crippen LogP contribution >= 0.6 is 0 Å². The number of amides is 1. The molecule has 1 fully saturated rings. The summed E-state index contributed by atoms with van der Waals surface area (Å²) in [5.74, 6) is -4.10. The lowest BCUT2D eigenvalue weighted by molar-refractivity contribution is -0.132. The van der Waals surface area contributed by atoms with E-state index in [-0.39, 0.29) is 16.8 Å². The fourth-order valence-corrected chi connectivity index (χ4v) is 3.65. The molecule has 1 aliphatic rings. The van der Waals surface area contributed by atoms with Gasteiger partial charge in [-0.25, -0.2) is 8.78 Å². The molecule has 1 aliphatic heterocycles. The van der Waals surface area contributed by atoms with Gasteiger partial charge in [-0.2, -0.15) is 0 Å². The van der Waals surface area contributed by atoms with Crippen molar-refractivity contribution >= 4 is 23.1 Å². The number of Topliss-reactive ketones (excluding diaryl/α,β-unsaturated/α-hetero) is 1. The number of aliphatic hydroxyl groups is 1. The zero-order valence-corrected chi connectivity index (χ0v) is 17.0. The van der Waals surface area contributed by atoms with Crippen molar-refractivity contribution < 1.29 is 28.2 Å². The second-order valence-electron chi connectivity index (χ2n) is 7.01. The maximum atomic E-state index is 13.9. The van der Waals surface area contributed by atoms with Crippen LogP contribution in [0.15, 0.2) is 72.6 Å². The van der Waals surface area contributed by atoms with E-state index in [2.05, 4.69) is 4.98 Å². The van der Waals surface area contributed by atoms with E-state index in [9.17, 15) is 23.5 Å². The lowest BCUT2D eigenvalue weighted by Crippen LogP contribution is -2.29. The van der Waals surface area contributed by atoms with Gasteiger partial charge in [-0.3, -0.25) is 19.5 Å². The molecule has 3 aromatic rings. The van der Waals surface area contributed by atoms with Crippen molar-refractivity contribution in [2.75, 3.05) is 11.5 Å². The lowest BCUT2D eigenvalue weighted by atomic mass is 9.95. The van der Waals surface area contributed by atoms with Crippen molar-refractivity contribution in [1.82, 2.24) is 4.98 Å². The van der Waals surface area contributed by atoms with Gasteiger partial charge in [-0.1, -0.05) is 12.1 Å². The number of ether oxygens (including phenoxy) is 1. The zero-order valence-electron chi connectivity index (χ0n) is 17.0. The number of carbonyl (C=O) groups is 2. The highest BCUT2D eigenvalue weighted by Crippen LogP contribution is 2.42. The van der Waals surface area contributed by atoms with E-state index >= 15 is 0 Å². The SMILES string of the molecule is CCOc1cccc(/C(O)=C2\C(=O)C(=O)N(c3ccc(F)c(F)c3)C2c2ccncc2)c1. The van der Waals surface area contributed by atoms with Gasteiger partial charge in [0.25, 0.3) is 11.7 Å². The maximum Gasteiger partial charge on any atom is 0.300 e. The first-order chi connectivity index (χ1) is 15.4. The summed E-state index contributed by atoms with van der Waals surface area (Å²) in [6.45, 7) is 2.21. The molecule has 1 amide bonds. The number of carbonyl (C=O) groups excluding carboxylic acids is 2. The summed E-state index contributed by atoms with van der Waals surface area (Å²) in [4.78, 5) is 31.0. The second kappa shape index (κ2) is 8.58. The molecule has 1 aromatic heterocycles. The molecule has 2 aromatic carbocycles. The predicted molar refractivity (Wildman–Crippen MR) is 113 cm³/mol. The minimum Gasteiger partial charge on any atom is -0.507 e. The van der Waals surface area contributed by atoms with Crippen LogP contribution in [0.3, 0.4) is 0 Å². The molecule has 0 spiro atoms. The standard InChI is InChI=1S/C24H18F2N2O4/c1-2-32-17-5-3-4-15(12-17)22(29)20-21(14-8-10-27-11-9-14)28(24(31)23(20)30)16-6-7-18(25)19(26)13-16/h3-13,21,29H,2H2,1H3/b22-20+. The zero-order chi connectivity index (χ0) is 22.8. The van der Waals surface area contributed by atoms with E-state index in [1.165, 1.54) is 18.5 Å². The van der Waals surface area contributed by atoms with Gasteiger partial charge in [0.15, 0.2) is 11.6 Å². The largest absolute Gasteiger partial charge is 0.507 e. The number of pyridine rings is 1. The second-order valence-corrected chi connectivity index (χ2v) is 7.01. The van der Waals surface area contributed by atoms with Crippen molar-refractivity contribution in [3.8, 4) is 5.75 Å². The van der Waals surface area contributed by atoms with Crippen molar-refractivity contribution in [1.29, 1.82) is 0 Å². The molecule has 1 unspecified atom stereocenters. The first-order valence-corrected chi connectivity index (χ1v) is 9.81. The molecule has 0 aliphatic carbocycles. The first-order valence-electron chi connectivity index (χ1n) is 9.81. The molecule has 4 rings (SSSR count). The number of anilines is 1. The Bertz CT molecular complexity index is 1230. The van der Waals surface area contributed by atoms with E-state index in [0.29, 0.717) is 17.9 Å². The fourth-order valence-electron chi connectivity index (χ4n) is 3.65. The van der Waals surface area contributed by atoms with Gasteiger partial charge >= 0.3 is 0 Å². The summed E-state index contributed by atoms with van der Waals surface area (Å²) in [5, 5.41) is 11.1. The third kappa shape index (κ3) is 3.71. The number of hydrogen-bond donors (Lipinski definition) is 1. The van der Waals surface area contributed by atoms with E-state index in [0.717, 1.165) is 17.0 Å². The van der Waals surface area contributed by atoms with Crippen LogP contribution in [0.2, 0.25) is 0 Å². The van der Waals surface area contributed by atoms with Crippen LogP contribution in [0.5, 0.6) is 5.75 Å². The van der Waals surface area contributed by atoms with Crippen LogP contribution in [0.1, 0.15) is 24.1 Å². The summed E-state index contributed by atoms with van der Waals surface area (Å²) in [5.41, 5.74) is 0.541. The molecular formula is C24H18F2N2O4. The summed E-state index contributed by atoms with van der Waals surface area (Å²) in [6.07, 6.45) is 2.94. The topological polar surface area (TPSA) is 79.7 Å². The number of benzene rings is 2. The molecule has 162 valence electrons. The van der Waals surface area contributed by atoms with Crippen molar-refractivity contribution in [2.45, 2.75) is 13.0 Å². The van der Waals surface area contributed by atoms with Crippen LogP contribution in [0, 0.1) is 11.6 Å². The Labute approximate surface area is 182 Å². The van der Waals surface area contributed by atoms with E-state index in [1.54, 1.807) is 36.4 Å². The molecule has 1 atom stereocenters. The Morgan fingerprint density at radius 1 is 1.06 bits per heavy atom. The molecule has 2 heterocycles. The van der Waals surface area contributed by atoms with E-state index < -0.39 is 35.1 Å². The molecular weight excluding hydrogens is 418 g/mol. The molecule has 8 heteroatoms. The van der Waals surface area contributed by atoms with Gasteiger partial charge in [0, 0.05) is 29.7 Å². The first kappa shape index (κ1) is 21.2. The quantitative estimate of drug-likeness (QED) is 0.365. The molecule has 0 bridgehead atoms. The number of aliphatic hydroxyl groups excluding tert-OH is 1.